The number of carbonyl (C=O) groups is 1. The molecule has 2 N–H and O–H groups in total. The largest absolute Gasteiger partial charge is 0.382 e. The molecule has 102 valence electrons. The molecule has 4 heteroatoms. The lowest BCUT2D eigenvalue weighted by atomic mass is 9.94. The first-order valence-corrected chi connectivity index (χ1v) is 6.61. The topological polar surface area (TPSA) is 41.1 Å². The summed E-state index contributed by atoms with van der Waals surface area (Å²) in [4.78, 5) is 11.0. The first-order valence-electron chi connectivity index (χ1n) is 6.61. The standard InChI is InChI=1S/C15H19FN2O/c1-11(19)18-13-7-8-14(16)15(9-13)17-10-12-5-3-2-4-6-12/h2-3,7-9,12,17H,4-6,10H2,1H3,(H,18,19). The SMILES string of the molecule is CC(=O)Nc1ccc(F)c(NCC2CC=CCC2)c1. The van der Waals surface area contributed by atoms with Crippen LogP contribution in [-0.4, -0.2) is 12.5 Å². The van der Waals surface area contributed by atoms with Crippen molar-refractivity contribution in [1.82, 2.24) is 0 Å². The Balaban J connectivity index is 1.98. The summed E-state index contributed by atoms with van der Waals surface area (Å²) in [5.41, 5.74) is 1.06. The van der Waals surface area contributed by atoms with Crippen molar-refractivity contribution in [2.45, 2.75) is 26.2 Å². The van der Waals surface area contributed by atoms with Gasteiger partial charge in [0.25, 0.3) is 0 Å². The zero-order chi connectivity index (χ0) is 13.7. The summed E-state index contributed by atoms with van der Waals surface area (Å²) in [6, 6.07) is 4.56. The maximum absolute atomic E-state index is 13.7. The van der Waals surface area contributed by atoms with Gasteiger partial charge in [0, 0.05) is 19.2 Å². The quantitative estimate of drug-likeness (QED) is 0.815. The lowest BCUT2D eigenvalue weighted by Crippen LogP contribution is -2.16. The van der Waals surface area contributed by atoms with E-state index in [-0.39, 0.29) is 11.7 Å². The van der Waals surface area contributed by atoms with E-state index in [9.17, 15) is 9.18 Å². The fraction of sp³-hybridized carbons (Fsp3) is 0.400. The Hall–Kier alpha value is -1.84. The molecule has 1 unspecified atom stereocenters. The highest BCUT2D eigenvalue weighted by Crippen LogP contribution is 2.22. The van der Waals surface area contributed by atoms with Crippen molar-refractivity contribution in [3.8, 4) is 0 Å². The first kappa shape index (κ1) is 13.6. The summed E-state index contributed by atoms with van der Waals surface area (Å²) in [5, 5.41) is 5.79. The van der Waals surface area contributed by atoms with Gasteiger partial charge in [-0.3, -0.25) is 4.79 Å². The van der Waals surface area contributed by atoms with Crippen molar-refractivity contribution < 1.29 is 9.18 Å². The van der Waals surface area contributed by atoms with Gasteiger partial charge in [-0.2, -0.15) is 0 Å². The van der Waals surface area contributed by atoms with Crippen LogP contribution in [0.5, 0.6) is 0 Å². The normalized spacial score (nSPS) is 18.1. The van der Waals surface area contributed by atoms with Crippen molar-refractivity contribution in [2.24, 2.45) is 5.92 Å². The van der Waals surface area contributed by atoms with Crippen LogP contribution in [-0.2, 0) is 4.79 Å². The van der Waals surface area contributed by atoms with Gasteiger partial charge in [-0.1, -0.05) is 12.2 Å². The van der Waals surface area contributed by atoms with Crippen LogP contribution in [0.1, 0.15) is 26.2 Å². The third-order valence-electron chi connectivity index (χ3n) is 3.25. The molecule has 1 atom stereocenters. The van der Waals surface area contributed by atoms with E-state index < -0.39 is 0 Å². The number of amides is 1. The molecule has 3 nitrogen and oxygen atoms in total. The van der Waals surface area contributed by atoms with E-state index in [1.807, 2.05) is 0 Å². The molecule has 1 aromatic carbocycles. The zero-order valence-corrected chi connectivity index (χ0v) is 11.1. The van der Waals surface area contributed by atoms with Crippen molar-refractivity contribution >= 4 is 17.3 Å². The van der Waals surface area contributed by atoms with E-state index in [0.717, 1.165) is 25.8 Å². The molecule has 0 aliphatic heterocycles. The van der Waals surface area contributed by atoms with E-state index >= 15 is 0 Å². The van der Waals surface area contributed by atoms with Gasteiger partial charge >= 0.3 is 0 Å². The number of allylic oxidation sites excluding steroid dienone is 2. The maximum atomic E-state index is 13.7. The number of rotatable bonds is 4. The summed E-state index contributed by atoms with van der Waals surface area (Å²) in [6.07, 6.45) is 7.64. The van der Waals surface area contributed by atoms with E-state index in [0.29, 0.717) is 17.3 Å². The van der Waals surface area contributed by atoms with Crippen LogP contribution in [0.25, 0.3) is 0 Å². The molecule has 0 saturated carbocycles. The van der Waals surface area contributed by atoms with Crippen molar-refractivity contribution in [3.05, 3.63) is 36.2 Å². The summed E-state index contributed by atoms with van der Waals surface area (Å²) >= 11 is 0. The smallest absolute Gasteiger partial charge is 0.221 e. The van der Waals surface area contributed by atoms with Crippen LogP contribution in [0, 0.1) is 11.7 Å². The zero-order valence-electron chi connectivity index (χ0n) is 11.1. The van der Waals surface area contributed by atoms with E-state index in [4.69, 9.17) is 0 Å². The fourth-order valence-electron chi connectivity index (χ4n) is 2.24. The summed E-state index contributed by atoms with van der Waals surface area (Å²) in [7, 11) is 0. The van der Waals surface area contributed by atoms with Crippen LogP contribution in [0.2, 0.25) is 0 Å². The Bertz CT molecular complexity index is 485. The molecule has 0 aromatic heterocycles. The van der Waals surface area contributed by atoms with Gasteiger partial charge in [0.1, 0.15) is 5.82 Å². The van der Waals surface area contributed by atoms with Gasteiger partial charge < -0.3 is 10.6 Å². The van der Waals surface area contributed by atoms with E-state index in [1.165, 1.54) is 13.0 Å². The lowest BCUT2D eigenvalue weighted by molar-refractivity contribution is -0.114. The number of hydrogen-bond acceptors (Lipinski definition) is 2. The minimum atomic E-state index is -0.291. The number of anilines is 2. The van der Waals surface area contributed by atoms with Gasteiger partial charge in [0.15, 0.2) is 0 Å². The van der Waals surface area contributed by atoms with Gasteiger partial charge in [0.05, 0.1) is 5.69 Å². The van der Waals surface area contributed by atoms with Crippen LogP contribution < -0.4 is 10.6 Å². The Labute approximate surface area is 112 Å². The molecule has 0 spiro atoms. The molecule has 1 aliphatic rings. The summed E-state index contributed by atoms with van der Waals surface area (Å²) in [5.74, 6) is 0.101. The molecule has 1 aliphatic carbocycles. The van der Waals surface area contributed by atoms with Crippen molar-refractivity contribution in [3.63, 3.8) is 0 Å². The lowest BCUT2D eigenvalue weighted by Gasteiger charge is -2.19. The van der Waals surface area contributed by atoms with Crippen molar-refractivity contribution in [2.75, 3.05) is 17.2 Å². The second-order valence-corrected chi connectivity index (χ2v) is 4.91. The first-order chi connectivity index (χ1) is 9.15. The molecular formula is C15H19FN2O. The highest BCUT2D eigenvalue weighted by Gasteiger charge is 2.11. The van der Waals surface area contributed by atoms with Gasteiger partial charge in [-0.05, 0) is 43.4 Å². The Morgan fingerprint density at radius 2 is 2.26 bits per heavy atom. The van der Waals surface area contributed by atoms with Gasteiger partial charge in [-0.25, -0.2) is 4.39 Å². The molecule has 0 saturated heterocycles. The monoisotopic (exact) mass is 262 g/mol. The molecule has 0 fully saturated rings. The van der Waals surface area contributed by atoms with Crippen LogP contribution >= 0.6 is 0 Å². The fourth-order valence-corrected chi connectivity index (χ4v) is 2.24. The number of halogens is 1. The molecule has 1 aromatic rings. The summed E-state index contributed by atoms with van der Waals surface area (Å²) < 4.78 is 13.7. The molecule has 0 heterocycles. The number of carbonyl (C=O) groups excluding carboxylic acids is 1. The number of benzene rings is 1. The molecule has 2 rings (SSSR count). The van der Waals surface area contributed by atoms with Crippen LogP contribution in [0.15, 0.2) is 30.4 Å². The Kier molecular flexibility index (Phi) is 4.55. The third kappa shape index (κ3) is 4.09. The highest BCUT2D eigenvalue weighted by molar-refractivity contribution is 5.89. The predicted octanol–water partition coefficient (Wildman–Crippen LogP) is 3.55. The minimum absolute atomic E-state index is 0.157. The average Bonchev–Trinajstić information content (AvgIpc) is 2.40. The molecular weight excluding hydrogens is 243 g/mol. The van der Waals surface area contributed by atoms with Gasteiger partial charge in [0.2, 0.25) is 5.91 Å². The minimum Gasteiger partial charge on any atom is -0.382 e. The second kappa shape index (κ2) is 6.36. The molecule has 1 amide bonds. The maximum Gasteiger partial charge on any atom is 0.221 e. The van der Waals surface area contributed by atoms with Crippen molar-refractivity contribution in [1.29, 1.82) is 0 Å². The van der Waals surface area contributed by atoms with Gasteiger partial charge in [-0.15, -0.1) is 0 Å². The average molecular weight is 262 g/mol. The second-order valence-electron chi connectivity index (χ2n) is 4.91. The van der Waals surface area contributed by atoms with E-state index in [2.05, 4.69) is 22.8 Å². The highest BCUT2D eigenvalue weighted by atomic mass is 19.1. The molecule has 0 radical (unpaired) electrons. The summed E-state index contributed by atoms with van der Waals surface area (Å²) in [6.45, 7) is 2.19. The third-order valence-corrected chi connectivity index (χ3v) is 3.25. The number of nitrogens with one attached hydrogen (secondary N) is 2. The predicted molar refractivity (Wildman–Crippen MR) is 75.7 cm³/mol. The molecule has 0 bridgehead atoms. The Morgan fingerprint density at radius 3 is 2.95 bits per heavy atom. The van der Waals surface area contributed by atoms with E-state index in [1.54, 1.807) is 12.1 Å². The van der Waals surface area contributed by atoms with Crippen LogP contribution in [0.3, 0.4) is 0 Å². The Morgan fingerprint density at radius 1 is 1.42 bits per heavy atom. The molecule has 19 heavy (non-hydrogen) atoms. The number of hydrogen-bond donors (Lipinski definition) is 2. The van der Waals surface area contributed by atoms with Crippen LogP contribution in [0.4, 0.5) is 15.8 Å².